The summed E-state index contributed by atoms with van der Waals surface area (Å²) in [7, 11) is 0. The first-order valence-corrected chi connectivity index (χ1v) is 8.43. The highest BCUT2D eigenvalue weighted by Crippen LogP contribution is 2.13. The number of unbranched alkanes of at least 4 members (excludes halogenated alkanes) is 3. The van der Waals surface area contributed by atoms with Crippen LogP contribution in [0.4, 0.5) is 0 Å². The molecule has 1 rings (SSSR count). The minimum Gasteiger partial charge on any atom is -0.381 e. The zero-order valence-corrected chi connectivity index (χ0v) is 13.4. The molecule has 4 nitrogen and oxygen atoms in total. The quantitative estimate of drug-likeness (QED) is 0.386. The van der Waals surface area contributed by atoms with Crippen molar-refractivity contribution in [3.63, 3.8) is 0 Å². The van der Waals surface area contributed by atoms with Gasteiger partial charge in [-0.2, -0.15) is 0 Å². The minimum absolute atomic E-state index is 0.0824. The third kappa shape index (κ3) is 9.15. The Morgan fingerprint density at radius 3 is 2.80 bits per heavy atom. The molecule has 0 amide bonds. The molecule has 0 saturated carbocycles. The van der Waals surface area contributed by atoms with E-state index >= 15 is 0 Å². The zero-order valence-electron chi connectivity index (χ0n) is 12.6. The molecule has 0 radical (unpaired) electrons. The summed E-state index contributed by atoms with van der Waals surface area (Å²) in [6, 6.07) is 1.43. The second-order valence-electron chi connectivity index (χ2n) is 5.30. The number of nitrogens with one attached hydrogen (secondary N) is 1. The SMILES string of the molecule is CC(C)CCOCCCCCCSc1nccc(=O)[nH]1. The number of rotatable bonds is 11. The highest BCUT2D eigenvalue weighted by molar-refractivity contribution is 7.99. The number of aromatic amines is 1. The van der Waals surface area contributed by atoms with Gasteiger partial charge >= 0.3 is 0 Å². The lowest BCUT2D eigenvalue weighted by atomic mass is 10.1. The van der Waals surface area contributed by atoms with Crippen molar-refractivity contribution in [2.45, 2.75) is 51.1 Å². The fraction of sp³-hybridized carbons (Fsp3) is 0.733. The van der Waals surface area contributed by atoms with Gasteiger partial charge in [0, 0.05) is 31.2 Å². The van der Waals surface area contributed by atoms with Crippen molar-refractivity contribution in [1.82, 2.24) is 9.97 Å². The van der Waals surface area contributed by atoms with Crippen LogP contribution in [0.3, 0.4) is 0 Å². The molecule has 0 saturated heterocycles. The van der Waals surface area contributed by atoms with E-state index in [0.29, 0.717) is 0 Å². The van der Waals surface area contributed by atoms with Crippen LogP contribution < -0.4 is 5.56 Å². The van der Waals surface area contributed by atoms with Crippen LogP contribution in [0.2, 0.25) is 0 Å². The van der Waals surface area contributed by atoms with Gasteiger partial charge in [0.1, 0.15) is 0 Å². The van der Waals surface area contributed by atoms with Crippen LogP contribution in [0.15, 0.2) is 22.2 Å². The van der Waals surface area contributed by atoms with E-state index in [1.165, 1.54) is 18.9 Å². The van der Waals surface area contributed by atoms with Crippen molar-refractivity contribution in [2.24, 2.45) is 5.92 Å². The molecule has 1 heterocycles. The second-order valence-corrected chi connectivity index (χ2v) is 6.38. The summed E-state index contributed by atoms with van der Waals surface area (Å²) in [6.07, 6.45) is 7.41. The number of ether oxygens (including phenoxy) is 1. The second kappa shape index (κ2) is 10.9. The van der Waals surface area contributed by atoms with E-state index in [1.807, 2.05) is 0 Å². The predicted molar refractivity (Wildman–Crippen MR) is 84.3 cm³/mol. The van der Waals surface area contributed by atoms with E-state index < -0.39 is 0 Å². The van der Waals surface area contributed by atoms with E-state index in [0.717, 1.165) is 49.3 Å². The molecule has 0 atom stereocenters. The van der Waals surface area contributed by atoms with Crippen molar-refractivity contribution < 1.29 is 4.74 Å². The number of nitrogens with zero attached hydrogens (tertiary/aromatic N) is 1. The summed E-state index contributed by atoms with van der Waals surface area (Å²) in [5, 5.41) is 0.717. The van der Waals surface area contributed by atoms with Gasteiger partial charge in [0.25, 0.3) is 5.56 Å². The third-order valence-corrected chi connectivity index (χ3v) is 3.88. The van der Waals surface area contributed by atoms with Gasteiger partial charge in [-0.25, -0.2) is 4.98 Å². The molecule has 114 valence electrons. The van der Waals surface area contributed by atoms with Crippen molar-refractivity contribution in [3.8, 4) is 0 Å². The van der Waals surface area contributed by atoms with Gasteiger partial charge < -0.3 is 9.72 Å². The van der Waals surface area contributed by atoms with E-state index in [9.17, 15) is 4.79 Å². The Hall–Kier alpha value is -0.810. The van der Waals surface area contributed by atoms with Gasteiger partial charge in [-0.05, 0) is 25.2 Å². The molecule has 5 heteroatoms. The van der Waals surface area contributed by atoms with Crippen LogP contribution in [0, 0.1) is 5.92 Å². The molecule has 0 aliphatic rings. The molecule has 0 unspecified atom stereocenters. The first kappa shape index (κ1) is 17.2. The van der Waals surface area contributed by atoms with E-state index in [4.69, 9.17) is 4.74 Å². The summed E-state index contributed by atoms with van der Waals surface area (Å²) < 4.78 is 5.58. The molecule has 0 aliphatic carbocycles. The Morgan fingerprint density at radius 1 is 1.25 bits per heavy atom. The third-order valence-electron chi connectivity index (χ3n) is 2.91. The largest absolute Gasteiger partial charge is 0.381 e. The molecule has 20 heavy (non-hydrogen) atoms. The predicted octanol–water partition coefficient (Wildman–Crippen LogP) is 3.49. The lowest BCUT2D eigenvalue weighted by molar-refractivity contribution is 0.120. The molecule has 0 bridgehead atoms. The summed E-state index contributed by atoms with van der Waals surface area (Å²) in [6.45, 7) is 6.21. The van der Waals surface area contributed by atoms with Gasteiger partial charge in [0.15, 0.2) is 5.16 Å². The van der Waals surface area contributed by atoms with Crippen LogP contribution in [0.5, 0.6) is 0 Å². The first-order valence-electron chi connectivity index (χ1n) is 7.44. The topological polar surface area (TPSA) is 55.0 Å². The van der Waals surface area contributed by atoms with Crippen LogP contribution in [0.1, 0.15) is 46.0 Å². The van der Waals surface area contributed by atoms with Crippen LogP contribution in [-0.2, 0) is 4.74 Å². The standard InChI is InChI=1S/C15H26N2O2S/c1-13(2)8-11-19-10-5-3-4-6-12-20-15-16-9-7-14(18)17-15/h7,9,13H,3-6,8,10-12H2,1-2H3,(H,16,17,18). The van der Waals surface area contributed by atoms with Crippen molar-refractivity contribution in [3.05, 3.63) is 22.6 Å². The fourth-order valence-corrected chi connectivity index (χ4v) is 2.52. The number of aromatic nitrogens is 2. The number of H-pyrrole nitrogens is 1. The molecule has 0 fully saturated rings. The van der Waals surface area contributed by atoms with Crippen molar-refractivity contribution >= 4 is 11.8 Å². The molecule has 0 aromatic carbocycles. The molecule has 0 aliphatic heterocycles. The maximum absolute atomic E-state index is 11.1. The zero-order chi connectivity index (χ0) is 14.6. The summed E-state index contributed by atoms with van der Waals surface area (Å²) in [5.41, 5.74) is -0.0824. The number of thioether (sulfide) groups is 1. The molecular formula is C15H26N2O2S. The minimum atomic E-state index is -0.0824. The van der Waals surface area contributed by atoms with Gasteiger partial charge in [0.2, 0.25) is 0 Å². The van der Waals surface area contributed by atoms with Crippen LogP contribution in [0.25, 0.3) is 0 Å². The number of hydrogen-bond donors (Lipinski definition) is 1. The van der Waals surface area contributed by atoms with Gasteiger partial charge in [0.05, 0.1) is 0 Å². The Balaban J connectivity index is 1.89. The summed E-state index contributed by atoms with van der Waals surface area (Å²) in [4.78, 5) is 17.9. The lowest BCUT2D eigenvalue weighted by Crippen LogP contribution is -2.05. The highest BCUT2D eigenvalue weighted by Gasteiger charge is 1.97. The molecule has 1 N–H and O–H groups in total. The van der Waals surface area contributed by atoms with E-state index in [-0.39, 0.29) is 5.56 Å². The fourth-order valence-electron chi connectivity index (χ4n) is 1.68. The molecular weight excluding hydrogens is 272 g/mol. The van der Waals surface area contributed by atoms with Gasteiger partial charge in [-0.3, -0.25) is 4.79 Å². The lowest BCUT2D eigenvalue weighted by Gasteiger charge is -2.06. The normalized spacial score (nSPS) is 11.2. The summed E-state index contributed by atoms with van der Waals surface area (Å²) in [5.74, 6) is 1.73. The maximum Gasteiger partial charge on any atom is 0.251 e. The molecule has 1 aromatic heterocycles. The van der Waals surface area contributed by atoms with Gasteiger partial charge in [-0.1, -0.05) is 38.5 Å². The Labute approximate surface area is 125 Å². The van der Waals surface area contributed by atoms with Crippen molar-refractivity contribution in [2.75, 3.05) is 19.0 Å². The Bertz CT molecular complexity index is 407. The van der Waals surface area contributed by atoms with Crippen LogP contribution in [-0.4, -0.2) is 28.9 Å². The molecule has 1 aromatic rings. The van der Waals surface area contributed by atoms with Crippen LogP contribution >= 0.6 is 11.8 Å². The molecule has 0 spiro atoms. The Kier molecular flexibility index (Phi) is 9.41. The smallest absolute Gasteiger partial charge is 0.251 e. The summed E-state index contributed by atoms with van der Waals surface area (Å²) >= 11 is 1.61. The maximum atomic E-state index is 11.1. The first-order chi connectivity index (χ1) is 9.68. The highest BCUT2D eigenvalue weighted by atomic mass is 32.2. The van der Waals surface area contributed by atoms with E-state index in [1.54, 1.807) is 18.0 Å². The average molecular weight is 298 g/mol. The number of hydrogen-bond acceptors (Lipinski definition) is 4. The monoisotopic (exact) mass is 298 g/mol. The Morgan fingerprint density at radius 2 is 2.05 bits per heavy atom. The van der Waals surface area contributed by atoms with Crippen molar-refractivity contribution in [1.29, 1.82) is 0 Å². The average Bonchev–Trinajstić information content (AvgIpc) is 2.40. The van der Waals surface area contributed by atoms with E-state index in [2.05, 4.69) is 23.8 Å². The van der Waals surface area contributed by atoms with Gasteiger partial charge in [-0.15, -0.1) is 0 Å².